The number of fused-ring (bicyclic) bond motifs is 1. The molecule has 4 rings (SSSR count). The number of nitrogens with zero attached hydrogens (tertiary/aromatic N) is 3. The van der Waals surface area contributed by atoms with Crippen molar-refractivity contribution in [1.82, 2.24) is 9.88 Å². The van der Waals surface area contributed by atoms with Crippen LogP contribution in [0.4, 0.5) is 10.1 Å². The Morgan fingerprint density at radius 1 is 0.903 bits per heavy atom. The van der Waals surface area contributed by atoms with Gasteiger partial charge in [-0.2, -0.15) is 0 Å². The Morgan fingerprint density at radius 2 is 1.58 bits per heavy atom. The second kappa shape index (κ2) is 8.98. The summed E-state index contributed by atoms with van der Waals surface area (Å²) in [6.45, 7) is 6.28. The van der Waals surface area contributed by atoms with Crippen LogP contribution in [0.1, 0.15) is 11.3 Å². The normalized spacial score (nSPS) is 14.7. The summed E-state index contributed by atoms with van der Waals surface area (Å²) < 4.78 is 30.3. The SMILES string of the molecule is COc1cc(CN2CCN(c3cc(C)nc4ccc(F)cc34)CC2)cc(OC)c1OC. The summed E-state index contributed by atoms with van der Waals surface area (Å²) in [5.41, 5.74) is 3.93. The standard InChI is InChI=1S/C24H28FN3O3/c1-16-11-21(19-14-18(25)5-6-20(19)26-16)28-9-7-27(8-10-28)15-17-12-22(29-2)24(31-4)23(13-17)30-3/h5-6,11-14H,7-10,15H2,1-4H3. The molecule has 0 N–H and O–H groups in total. The van der Waals surface area contributed by atoms with Gasteiger partial charge in [-0.3, -0.25) is 9.88 Å². The highest BCUT2D eigenvalue weighted by Gasteiger charge is 2.21. The lowest BCUT2D eigenvalue weighted by Gasteiger charge is -2.36. The molecule has 6 nitrogen and oxygen atoms in total. The van der Waals surface area contributed by atoms with E-state index in [1.54, 1.807) is 33.5 Å². The van der Waals surface area contributed by atoms with E-state index in [-0.39, 0.29) is 5.82 Å². The van der Waals surface area contributed by atoms with Gasteiger partial charge in [0, 0.05) is 49.5 Å². The Hall–Kier alpha value is -3.06. The molecule has 0 amide bonds. The molecule has 0 spiro atoms. The number of anilines is 1. The number of hydrogen-bond acceptors (Lipinski definition) is 6. The van der Waals surface area contributed by atoms with Crippen LogP contribution in [0.5, 0.6) is 17.2 Å². The first-order valence-corrected chi connectivity index (χ1v) is 10.4. The topological polar surface area (TPSA) is 47.1 Å². The number of pyridine rings is 1. The summed E-state index contributed by atoms with van der Waals surface area (Å²) in [5.74, 6) is 1.69. The molecular weight excluding hydrogens is 397 g/mol. The van der Waals surface area contributed by atoms with Crippen molar-refractivity contribution in [2.45, 2.75) is 13.5 Å². The quantitative estimate of drug-likeness (QED) is 0.594. The van der Waals surface area contributed by atoms with Crippen LogP contribution < -0.4 is 19.1 Å². The number of benzene rings is 2. The number of rotatable bonds is 6. The highest BCUT2D eigenvalue weighted by molar-refractivity contribution is 5.92. The molecule has 3 aromatic rings. The van der Waals surface area contributed by atoms with Crippen molar-refractivity contribution >= 4 is 16.6 Å². The molecule has 1 fully saturated rings. The smallest absolute Gasteiger partial charge is 0.203 e. The number of hydrogen-bond donors (Lipinski definition) is 0. The van der Waals surface area contributed by atoms with Gasteiger partial charge in [0.1, 0.15) is 5.82 Å². The highest BCUT2D eigenvalue weighted by Crippen LogP contribution is 2.38. The van der Waals surface area contributed by atoms with Crippen LogP contribution in [-0.4, -0.2) is 57.4 Å². The number of methoxy groups -OCH3 is 3. The van der Waals surface area contributed by atoms with E-state index in [1.807, 2.05) is 19.1 Å². The van der Waals surface area contributed by atoms with Gasteiger partial charge in [0.15, 0.2) is 11.5 Å². The van der Waals surface area contributed by atoms with E-state index in [0.29, 0.717) is 17.2 Å². The fourth-order valence-corrected chi connectivity index (χ4v) is 4.20. The Balaban J connectivity index is 1.50. The van der Waals surface area contributed by atoms with Gasteiger partial charge >= 0.3 is 0 Å². The summed E-state index contributed by atoms with van der Waals surface area (Å²) in [6, 6.07) is 10.8. The Kier molecular flexibility index (Phi) is 6.13. The second-order valence-corrected chi connectivity index (χ2v) is 7.74. The predicted molar refractivity (Wildman–Crippen MR) is 120 cm³/mol. The molecule has 0 saturated carbocycles. The molecule has 1 saturated heterocycles. The monoisotopic (exact) mass is 425 g/mol. The van der Waals surface area contributed by atoms with Crippen LogP contribution in [0.3, 0.4) is 0 Å². The van der Waals surface area contributed by atoms with Crippen LogP contribution in [-0.2, 0) is 6.54 Å². The summed E-state index contributed by atoms with van der Waals surface area (Å²) in [6.07, 6.45) is 0. The summed E-state index contributed by atoms with van der Waals surface area (Å²) in [4.78, 5) is 9.27. The Morgan fingerprint density at radius 3 is 2.19 bits per heavy atom. The first-order chi connectivity index (χ1) is 15.0. The van der Waals surface area contributed by atoms with Crippen molar-refractivity contribution in [2.75, 3.05) is 52.4 Å². The third kappa shape index (κ3) is 4.37. The third-order valence-corrected chi connectivity index (χ3v) is 5.72. The van der Waals surface area contributed by atoms with Crippen LogP contribution in [0.2, 0.25) is 0 Å². The van der Waals surface area contributed by atoms with Gasteiger partial charge in [0.05, 0.1) is 26.8 Å². The fourth-order valence-electron chi connectivity index (χ4n) is 4.20. The van der Waals surface area contributed by atoms with Crippen molar-refractivity contribution in [3.63, 3.8) is 0 Å². The number of aromatic nitrogens is 1. The van der Waals surface area contributed by atoms with E-state index >= 15 is 0 Å². The van der Waals surface area contributed by atoms with Gasteiger partial charge in [0.2, 0.25) is 5.75 Å². The van der Waals surface area contributed by atoms with Gasteiger partial charge in [-0.05, 0) is 48.9 Å². The van der Waals surface area contributed by atoms with Gasteiger partial charge in [-0.25, -0.2) is 4.39 Å². The zero-order valence-electron chi connectivity index (χ0n) is 18.4. The minimum Gasteiger partial charge on any atom is -0.493 e. The number of ether oxygens (including phenoxy) is 3. The molecule has 1 aromatic heterocycles. The number of piperazine rings is 1. The molecule has 0 unspecified atom stereocenters. The maximum Gasteiger partial charge on any atom is 0.203 e. The van der Waals surface area contributed by atoms with E-state index in [1.165, 1.54) is 6.07 Å². The summed E-state index contributed by atoms with van der Waals surface area (Å²) in [5, 5.41) is 0.865. The van der Waals surface area contributed by atoms with Crippen LogP contribution in [0.25, 0.3) is 10.9 Å². The molecule has 31 heavy (non-hydrogen) atoms. The van der Waals surface area contributed by atoms with Crippen molar-refractivity contribution in [1.29, 1.82) is 0 Å². The van der Waals surface area contributed by atoms with Crippen LogP contribution in [0, 0.1) is 12.7 Å². The first kappa shape index (κ1) is 21.2. The molecule has 1 aliphatic heterocycles. The Labute approximate surface area is 182 Å². The minimum atomic E-state index is -0.236. The zero-order chi connectivity index (χ0) is 22.0. The fraction of sp³-hybridized carbons (Fsp3) is 0.375. The molecule has 0 bridgehead atoms. The molecule has 2 aromatic carbocycles. The maximum atomic E-state index is 13.9. The first-order valence-electron chi connectivity index (χ1n) is 10.4. The molecule has 7 heteroatoms. The van der Waals surface area contributed by atoms with Crippen molar-refractivity contribution in [2.24, 2.45) is 0 Å². The van der Waals surface area contributed by atoms with Crippen molar-refractivity contribution in [3.8, 4) is 17.2 Å². The van der Waals surface area contributed by atoms with Crippen LogP contribution in [0.15, 0.2) is 36.4 Å². The molecule has 0 aliphatic carbocycles. The van der Waals surface area contributed by atoms with E-state index in [0.717, 1.165) is 60.6 Å². The highest BCUT2D eigenvalue weighted by atomic mass is 19.1. The van der Waals surface area contributed by atoms with Gasteiger partial charge < -0.3 is 19.1 Å². The molecule has 1 aliphatic rings. The van der Waals surface area contributed by atoms with Gasteiger partial charge in [-0.1, -0.05) is 0 Å². The van der Waals surface area contributed by atoms with Gasteiger partial charge in [0.25, 0.3) is 0 Å². The Bertz CT molecular complexity index is 1060. The van der Waals surface area contributed by atoms with Gasteiger partial charge in [-0.15, -0.1) is 0 Å². The lowest BCUT2D eigenvalue weighted by molar-refractivity contribution is 0.248. The minimum absolute atomic E-state index is 0.236. The average molecular weight is 426 g/mol. The number of halogens is 1. The summed E-state index contributed by atoms with van der Waals surface area (Å²) in [7, 11) is 4.86. The zero-order valence-corrected chi connectivity index (χ0v) is 18.4. The largest absolute Gasteiger partial charge is 0.493 e. The van der Waals surface area contributed by atoms with E-state index < -0.39 is 0 Å². The average Bonchev–Trinajstić information content (AvgIpc) is 2.78. The van der Waals surface area contributed by atoms with Crippen molar-refractivity contribution < 1.29 is 18.6 Å². The lowest BCUT2D eigenvalue weighted by atomic mass is 10.1. The molecule has 0 radical (unpaired) electrons. The molecular formula is C24H28FN3O3. The maximum absolute atomic E-state index is 13.9. The predicted octanol–water partition coefficient (Wildman–Crippen LogP) is 4.03. The molecule has 2 heterocycles. The van der Waals surface area contributed by atoms with Crippen molar-refractivity contribution in [3.05, 3.63) is 53.5 Å². The number of aryl methyl sites for hydroxylation is 1. The van der Waals surface area contributed by atoms with Crippen LogP contribution >= 0.6 is 0 Å². The van der Waals surface area contributed by atoms with E-state index in [9.17, 15) is 4.39 Å². The summed E-state index contributed by atoms with van der Waals surface area (Å²) >= 11 is 0. The van der Waals surface area contributed by atoms with E-state index in [4.69, 9.17) is 14.2 Å². The molecule has 164 valence electrons. The second-order valence-electron chi connectivity index (χ2n) is 7.74. The molecule has 0 atom stereocenters. The lowest BCUT2D eigenvalue weighted by Crippen LogP contribution is -2.46. The third-order valence-electron chi connectivity index (χ3n) is 5.72. The van der Waals surface area contributed by atoms with E-state index in [2.05, 4.69) is 20.9 Å².